The van der Waals surface area contributed by atoms with Crippen LogP contribution in [0.5, 0.6) is 0 Å². The Kier molecular flexibility index (Phi) is 4.30. The Morgan fingerprint density at radius 3 is 3.06 bits per heavy atom. The van der Waals surface area contributed by atoms with Crippen LogP contribution in [0.2, 0.25) is 0 Å². The third-order valence-electron chi connectivity index (χ3n) is 3.42. The van der Waals surface area contributed by atoms with Gasteiger partial charge in [-0.2, -0.15) is 4.98 Å². The van der Waals surface area contributed by atoms with E-state index in [4.69, 9.17) is 14.4 Å². The molecular formula is C12H18N2O4. The summed E-state index contributed by atoms with van der Waals surface area (Å²) in [4.78, 5) is 14.5. The van der Waals surface area contributed by atoms with E-state index in [1.165, 1.54) is 12.8 Å². The van der Waals surface area contributed by atoms with E-state index >= 15 is 0 Å². The van der Waals surface area contributed by atoms with Crippen molar-refractivity contribution in [1.82, 2.24) is 10.1 Å². The second-order valence-electron chi connectivity index (χ2n) is 4.72. The van der Waals surface area contributed by atoms with Crippen LogP contribution in [0.25, 0.3) is 0 Å². The lowest BCUT2D eigenvalue weighted by Crippen LogP contribution is -2.06. The zero-order chi connectivity index (χ0) is 13.0. The Morgan fingerprint density at radius 2 is 2.39 bits per heavy atom. The van der Waals surface area contributed by atoms with Gasteiger partial charge in [0.1, 0.15) is 13.2 Å². The van der Waals surface area contributed by atoms with Gasteiger partial charge < -0.3 is 14.4 Å². The Balaban J connectivity index is 1.84. The molecule has 100 valence electrons. The smallest absolute Gasteiger partial charge is 0.329 e. The van der Waals surface area contributed by atoms with E-state index in [1.807, 2.05) is 0 Å². The van der Waals surface area contributed by atoms with Gasteiger partial charge in [0.15, 0.2) is 5.82 Å². The number of aromatic nitrogens is 2. The Hall–Kier alpha value is -1.43. The molecule has 2 atom stereocenters. The normalized spacial score (nSPS) is 23.4. The molecule has 1 heterocycles. The summed E-state index contributed by atoms with van der Waals surface area (Å²) in [5, 5.41) is 12.4. The monoisotopic (exact) mass is 254 g/mol. The average molecular weight is 254 g/mol. The van der Waals surface area contributed by atoms with Crippen LogP contribution >= 0.6 is 0 Å². The van der Waals surface area contributed by atoms with Crippen molar-refractivity contribution >= 4 is 5.97 Å². The molecule has 0 saturated heterocycles. The number of aliphatic carboxylic acids is 1. The standard InChI is InChI=1S/C12H18N2O4/c1-2-8-3-4-9(5-8)12-13-10(18-14-12)6-17-7-11(15)16/h8-9H,2-7H2,1H3,(H,15,16). The van der Waals surface area contributed by atoms with Gasteiger partial charge in [0.05, 0.1) is 0 Å². The third kappa shape index (κ3) is 3.29. The van der Waals surface area contributed by atoms with E-state index in [-0.39, 0.29) is 13.2 Å². The zero-order valence-electron chi connectivity index (χ0n) is 10.5. The van der Waals surface area contributed by atoms with Gasteiger partial charge in [0.25, 0.3) is 5.89 Å². The maximum atomic E-state index is 10.3. The summed E-state index contributed by atoms with van der Waals surface area (Å²) in [6, 6.07) is 0. The highest BCUT2D eigenvalue weighted by molar-refractivity contribution is 5.67. The second kappa shape index (κ2) is 5.95. The van der Waals surface area contributed by atoms with Crippen molar-refractivity contribution in [3.05, 3.63) is 11.7 Å². The van der Waals surface area contributed by atoms with E-state index in [0.717, 1.165) is 24.6 Å². The first-order valence-corrected chi connectivity index (χ1v) is 6.31. The van der Waals surface area contributed by atoms with E-state index in [0.29, 0.717) is 11.8 Å². The molecule has 2 unspecified atom stereocenters. The first kappa shape index (κ1) is 13.0. The van der Waals surface area contributed by atoms with Gasteiger partial charge in [0.2, 0.25) is 0 Å². The van der Waals surface area contributed by atoms with Crippen molar-refractivity contribution in [3.8, 4) is 0 Å². The highest BCUT2D eigenvalue weighted by Crippen LogP contribution is 2.38. The van der Waals surface area contributed by atoms with Crippen molar-refractivity contribution in [2.24, 2.45) is 5.92 Å². The van der Waals surface area contributed by atoms with Gasteiger partial charge in [-0.05, 0) is 25.2 Å². The third-order valence-corrected chi connectivity index (χ3v) is 3.42. The summed E-state index contributed by atoms with van der Waals surface area (Å²) in [5.74, 6) is 1.23. The highest BCUT2D eigenvalue weighted by atomic mass is 16.5. The van der Waals surface area contributed by atoms with Crippen LogP contribution < -0.4 is 0 Å². The summed E-state index contributed by atoms with van der Waals surface area (Å²) in [6.07, 6.45) is 4.64. The van der Waals surface area contributed by atoms with Crippen LogP contribution in [-0.2, 0) is 16.1 Å². The summed E-state index contributed by atoms with van der Waals surface area (Å²) in [7, 11) is 0. The number of ether oxygens (including phenoxy) is 1. The van der Waals surface area contributed by atoms with Gasteiger partial charge in [-0.25, -0.2) is 4.79 Å². The lowest BCUT2D eigenvalue weighted by atomic mass is 10.0. The summed E-state index contributed by atoms with van der Waals surface area (Å²) < 4.78 is 9.95. The molecule has 0 bridgehead atoms. The molecule has 0 aromatic carbocycles. The van der Waals surface area contributed by atoms with Gasteiger partial charge in [-0.15, -0.1) is 0 Å². The fourth-order valence-electron chi connectivity index (χ4n) is 2.40. The first-order valence-electron chi connectivity index (χ1n) is 6.31. The van der Waals surface area contributed by atoms with Gasteiger partial charge in [-0.3, -0.25) is 0 Å². The maximum Gasteiger partial charge on any atom is 0.329 e. The van der Waals surface area contributed by atoms with E-state index < -0.39 is 5.97 Å². The van der Waals surface area contributed by atoms with Crippen molar-refractivity contribution < 1.29 is 19.2 Å². The molecule has 0 spiro atoms. The minimum absolute atomic E-state index is 0.0588. The van der Waals surface area contributed by atoms with Crippen LogP contribution in [0.1, 0.15) is 50.2 Å². The number of rotatable bonds is 6. The lowest BCUT2D eigenvalue weighted by Gasteiger charge is -2.04. The number of carboxylic acid groups (broad SMARTS) is 1. The summed E-state index contributed by atoms with van der Waals surface area (Å²) >= 11 is 0. The lowest BCUT2D eigenvalue weighted by molar-refractivity contribution is -0.142. The molecule has 6 heteroatoms. The molecule has 0 radical (unpaired) electrons. The number of carbonyl (C=O) groups is 1. The number of carboxylic acids is 1. The van der Waals surface area contributed by atoms with Crippen molar-refractivity contribution in [2.75, 3.05) is 6.61 Å². The molecule has 1 aliphatic carbocycles. The molecular weight excluding hydrogens is 236 g/mol. The summed E-state index contributed by atoms with van der Waals surface area (Å²) in [6.45, 7) is 1.91. The molecule has 1 aliphatic rings. The fourth-order valence-corrected chi connectivity index (χ4v) is 2.40. The maximum absolute atomic E-state index is 10.3. The average Bonchev–Trinajstić information content (AvgIpc) is 2.95. The first-order chi connectivity index (χ1) is 8.69. The summed E-state index contributed by atoms with van der Waals surface area (Å²) in [5.41, 5.74) is 0. The topological polar surface area (TPSA) is 85.5 Å². The van der Waals surface area contributed by atoms with Gasteiger partial charge in [0, 0.05) is 5.92 Å². The highest BCUT2D eigenvalue weighted by Gasteiger charge is 2.28. The Morgan fingerprint density at radius 1 is 1.56 bits per heavy atom. The Bertz CT molecular complexity index is 405. The van der Waals surface area contributed by atoms with E-state index in [1.54, 1.807) is 0 Å². The van der Waals surface area contributed by atoms with E-state index in [9.17, 15) is 4.79 Å². The molecule has 1 N–H and O–H groups in total. The predicted molar refractivity (Wildman–Crippen MR) is 62.0 cm³/mol. The molecule has 0 aliphatic heterocycles. The zero-order valence-corrected chi connectivity index (χ0v) is 10.5. The number of hydrogen-bond acceptors (Lipinski definition) is 5. The van der Waals surface area contributed by atoms with Crippen molar-refractivity contribution in [2.45, 2.75) is 45.1 Å². The number of hydrogen-bond donors (Lipinski definition) is 1. The molecule has 0 amide bonds. The molecule has 1 saturated carbocycles. The Labute approximate surface area is 105 Å². The van der Waals surface area contributed by atoms with Crippen LogP contribution in [0.3, 0.4) is 0 Å². The minimum Gasteiger partial charge on any atom is -0.480 e. The largest absolute Gasteiger partial charge is 0.480 e. The number of nitrogens with zero attached hydrogens (tertiary/aromatic N) is 2. The quantitative estimate of drug-likeness (QED) is 0.835. The van der Waals surface area contributed by atoms with Crippen LogP contribution in [0.4, 0.5) is 0 Å². The molecule has 18 heavy (non-hydrogen) atoms. The van der Waals surface area contributed by atoms with Gasteiger partial charge in [-0.1, -0.05) is 18.5 Å². The molecule has 1 aromatic heterocycles. The van der Waals surface area contributed by atoms with Crippen LogP contribution in [0.15, 0.2) is 4.52 Å². The minimum atomic E-state index is -1.00. The van der Waals surface area contributed by atoms with Gasteiger partial charge >= 0.3 is 5.97 Å². The second-order valence-corrected chi connectivity index (χ2v) is 4.72. The molecule has 1 fully saturated rings. The van der Waals surface area contributed by atoms with Crippen LogP contribution in [0, 0.1) is 5.92 Å². The van der Waals surface area contributed by atoms with Crippen molar-refractivity contribution in [3.63, 3.8) is 0 Å². The molecule has 2 rings (SSSR count). The van der Waals surface area contributed by atoms with Crippen LogP contribution in [-0.4, -0.2) is 27.8 Å². The molecule has 6 nitrogen and oxygen atoms in total. The van der Waals surface area contributed by atoms with E-state index in [2.05, 4.69) is 17.1 Å². The SMILES string of the molecule is CCC1CCC(c2noc(COCC(=O)O)n2)C1. The predicted octanol–water partition coefficient (Wildman–Crippen LogP) is 1.96. The van der Waals surface area contributed by atoms with Crippen molar-refractivity contribution in [1.29, 1.82) is 0 Å². The fraction of sp³-hybridized carbons (Fsp3) is 0.750. The molecule has 1 aromatic rings.